The van der Waals surface area contributed by atoms with Crippen LogP contribution in [0.25, 0.3) is 11.4 Å². The summed E-state index contributed by atoms with van der Waals surface area (Å²) in [6.45, 7) is 6.62. The second-order valence-corrected chi connectivity index (χ2v) is 6.16. The molecule has 0 atom stereocenters. The Morgan fingerprint density at radius 1 is 1.09 bits per heavy atom. The van der Waals surface area contributed by atoms with Crippen molar-refractivity contribution >= 4 is 11.8 Å². The normalized spacial score (nSPS) is 10.7. The van der Waals surface area contributed by atoms with E-state index in [0.29, 0.717) is 6.54 Å². The Hall–Kier alpha value is -2.40. The molecule has 0 aliphatic carbocycles. The van der Waals surface area contributed by atoms with Gasteiger partial charge in [-0.3, -0.25) is 9.55 Å². The highest BCUT2D eigenvalue weighted by molar-refractivity contribution is 7.98. The highest BCUT2D eigenvalue weighted by Crippen LogP contribution is 2.26. The molecule has 5 heteroatoms. The van der Waals surface area contributed by atoms with E-state index in [4.69, 9.17) is 0 Å². The molecule has 3 rings (SSSR count). The number of hydrogen-bond acceptors (Lipinski definition) is 4. The first-order valence-corrected chi connectivity index (χ1v) is 8.39. The molecule has 0 unspecified atom stereocenters. The van der Waals surface area contributed by atoms with Gasteiger partial charge in [-0.2, -0.15) is 0 Å². The molecule has 0 N–H and O–H groups in total. The Bertz CT molecular complexity index is 779. The van der Waals surface area contributed by atoms with Crippen LogP contribution in [0.1, 0.15) is 11.1 Å². The van der Waals surface area contributed by atoms with Gasteiger partial charge in [0, 0.05) is 30.3 Å². The highest BCUT2D eigenvalue weighted by Gasteiger charge is 2.13. The summed E-state index contributed by atoms with van der Waals surface area (Å²) in [5.74, 6) is 1.71. The molecule has 0 spiro atoms. The molecule has 0 saturated carbocycles. The SMILES string of the molecule is C=CCn1c(SCc2ccc(C)cc2)nnc1-c1ccncc1. The number of aromatic nitrogens is 4. The fourth-order valence-electron chi connectivity index (χ4n) is 2.24. The maximum atomic E-state index is 4.35. The summed E-state index contributed by atoms with van der Waals surface area (Å²) < 4.78 is 2.08. The number of rotatable bonds is 6. The lowest BCUT2D eigenvalue weighted by Gasteiger charge is -2.07. The first kappa shape index (κ1) is 15.5. The van der Waals surface area contributed by atoms with Crippen molar-refractivity contribution in [2.75, 3.05) is 0 Å². The van der Waals surface area contributed by atoms with E-state index in [1.165, 1.54) is 11.1 Å². The molecule has 2 heterocycles. The molecule has 0 bridgehead atoms. The Balaban J connectivity index is 1.83. The molecule has 1 aromatic carbocycles. The summed E-state index contributed by atoms with van der Waals surface area (Å²) in [5, 5.41) is 9.60. The molecule has 116 valence electrons. The van der Waals surface area contributed by atoms with Gasteiger partial charge in [-0.05, 0) is 24.6 Å². The molecule has 0 fully saturated rings. The smallest absolute Gasteiger partial charge is 0.192 e. The summed E-state index contributed by atoms with van der Waals surface area (Å²) in [7, 11) is 0. The van der Waals surface area contributed by atoms with Gasteiger partial charge in [0.15, 0.2) is 11.0 Å². The van der Waals surface area contributed by atoms with E-state index in [9.17, 15) is 0 Å². The van der Waals surface area contributed by atoms with Crippen molar-refractivity contribution < 1.29 is 0 Å². The Kier molecular flexibility index (Phi) is 4.88. The number of aryl methyl sites for hydroxylation is 1. The zero-order valence-corrected chi connectivity index (χ0v) is 13.8. The van der Waals surface area contributed by atoms with E-state index in [-0.39, 0.29) is 0 Å². The number of pyridine rings is 1. The molecular weight excluding hydrogens is 304 g/mol. The molecule has 0 amide bonds. The molecule has 0 radical (unpaired) electrons. The summed E-state index contributed by atoms with van der Waals surface area (Å²) >= 11 is 1.69. The Morgan fingerprint density at radius 2 is 1.83 bits per heavy atom. The van der Waals surface area contributed by atoms with Crippen LogP contribution in [0.2, 0.25) is 0 Å². The third-order valence-electron chi connectivity index (χ3n) is 3.46. The third kappa shape index (κ3) is 3.68. The Labute approximate surface area is 140 Å². The van der Waals surface area contributed by atoms with E-state index in [0.717, 1.165) is 22.3 Å². The summed E-state index contributed by atoms with van der Waals surface area (Å²) in [6, 6.07) is 12.5. The fourth-order valence-corrected chi connectivity index (χ4v) is 3.14. The fraction of sp³-hybridized carbons (Fsp3) is 0.167. The first-order valence-electron chi connectivity index (χ1n) is 7.41. The van der Waals surface area contributed by atoms with Crippen molar-refractivity contribution in [3.8, 4) is 11.4 Å². The van der Waals surface area contributed by atoms with Gasteiger partial charge in [-0.15, -0.1) is 16.8 Å². The minimum absolute atomic E-state index is 0.681. The largest absolute Gasteiger partial charge is 0.298 e. The van der Waals surface area contributed by atoms with Crippen LogP contribution in [0.5, 0.6) is 0 Å². The van der Waals surface area contributed by atoms with Gasteiger partial charge in [-0.25, -0.2) is 0 Å². The number of allylic oxidation sites excluding steroid dienone is 1. The number of thioether (sulfide) groups is 1. The van der Waals surface area contributed by atoms with E-state index in [2.05, 4.69) is 57.5 Å². The monoisotopic (exact) mass is 322 g/mol. The van der Waals surface area contributed by atoms with Crippen LogP contribution < -0.4 is 0 Å². The number of nitrogens with zero attached hydrogens (tertiary/aromatic N) is 4. The first-order chi connectivity index (χ1) is 11.3. The highest BCUT2D eigenvalue weighted by atomic mass is 32.2. The van der Waals surface area contributed by atoms with Gasteiger partial charge < -0.3 is 0 Å². The lowest BCUT2D eigenvalue weighted by Crippen LogP contribution is -2.00. The second kappa shape index (κ2) is 7.24. The average Bonchev–Trinajstić information content (AvgIpc) is 2.98. The van der Waals surface area contributed by atoms with E-state index in [1.54, 1.807) is 24.2 Å². The predicted molar refractivity (Wildman–Crippen MR) is 94.2 cm³/mol. The van der Waals surface area contributed by atoms with E-state index in [1.807, 2.05) is 18.2 Å². The van der Waals surface area contributed by atoms with Gasteiger partial charge in [0.25, 0.3) is 0 Å². The minimum atomic E-state index is 0.681. The second-order valence-electron chi connectivity index (χ2n) is 5.22. The minimum Gasteiger partial charge on any atom is -0.298 e. The van der Waals surface area contributed by atoms with Crippen LogP contribution in [0.3, 0.4) is 0 Å². The van der Waals surface area contributed by atoms with Gasteiger partial charge >= 0.3 is 0 Å². The number of benzene rings is 1. The summed E-state index contributed by atoms with van der Waals surface area (Å²) in [6.07, 6.45) is 5.40. The molecule has 23 heavy (non-hydrogen) atoms. The number of hydrogen-bond donors (Lipinski definition) is 0. The van der Waals surface area contributed by atoms with Gasteiger partial charge in [-0.1, -0.05) is 47.7 Å². The summed E-state index contributed by atoms with van der Waals surface area (Å²) in [4.78, 5) is 4.05. The topological polar surface area (TPSA) is 43.6 Å². The van der Waals surface area contributed by atoms with E-state index >= 15 is 0 Å². The van der Waals surface area contributed by atoms with Crippen LogP contribution in [0.15, 0.2) is 66.6 Å². The maximum absolute atomic E-state index is 4.35. The van der Waals surface area contributed by atoms with Crippen molar-refractivity contribution in [3.05, 3.63) is 72.6 Å². The van der Waals surface area contributed by atoms with Crippen LogP contribution in [0.4, 0.5) is 0 Å². The van der Waals surface area contributed by atoms with Crippen LogP contribution in [0, 0.1) is 6.92 Å². The van der Waals surface area contributed by atoms with Crippen molar-refractivity contribution in [1.29, 1.82) is 0 Å². The average molecular weight is 322 g/mol. The molecule has 2 aromatic heterocycles. The van der Waals surface area contributed by atoms with Crippen molar-refractivity contribution in [2.24, 2.45) is 0 Å². The third-order valence-corrected chi connectivity index (χ3v) is 4.49. The maximum Gasteiger partial charge on any atom is 0.192 e. The van der Waals surface area contributed by atoms with Crippen molar-refractivity contribution in [1.82, 2.24) is 19.7 Å². The Morgan fingerprint density at radius 3 is 2.52 bits per heavy atom. The lowest BCUT2D eigenvalue weighted by molar-refractivity contribution is 0.731. The van der Waals surface area contributed by atoms with Gasteiger partial charge in [0.05, 0.1) is 0 Å². The summed E-state index contributed by atoms with van der Waals surface area (Å²) in [5.41, 5.74) is 3.56. The van der Waals surface area contributed by atoms with Gasteiger partial charge in [0.2, 0.25) is 0 Å². The molecule has 3 aromatic rings. The van der Waals surface area contributed by atoms with E-state index < -0.39 is 0 Å². The quantitative estimate of drug-likeness (QED) is 0.505. The van der Waals surface area contributed by atoms with Crippen LogP contribution in [-0.4, -0.2) is 19.7 Å². The van der Waals surface area contributed by atoms with Crippen molar-refractivity contribution in [3.63, 3.8) is 0 Å². The van der Waals surface area contributed by atoms with Gasteiger partial charge in [0.1, 0.15) is 0 Å². The van der Waals surface area contributed by atoms with Crippen LogP contribution in [-0.2, 0) is 12.3 Å². The molecule has 4 nitrogen and oxygen atoms in total. The van der Waals surface area contributed by atoms with Crippen LogP contribution >= 0.6 is 11.8 Å². The lowest BCUT2D eigenvalue weighted by atomic mass is 10.2. The molecule has 0 aliphatic heterocycles. The zero-order chi connectivity index (χ0) is 16.1. The molecular formula is C18H18N4S. The standard InChI is InChI=1S/C18H18N4S/c1-3-12-22-17(16-8-10-19-11-9-16)20-21-18(22)23-13-15-6-4-14(2)5-7-15/h3-11H,1,12-13H2,2H3. The molecule has 0 saturated heterocycles. The van der Waals surface area contributed by atoms with Crippen molar-refractivity contribution in [2.45, 2.75) is 24.4 Å². The predicted octanol–water partition coefficient (Wildman–Crippen LogP) is 4.13. The molecule has 0 aliphatic rings. The zero-order valence-electron chi connectivity index (χ0n) is 13.0.